The van der Waals surface area contributed by atoms with Gasteiger partial charge in [0.25, 0.3) is 5.56 Å². The van der Waals surface area contributed by atoms with Crippen LogP contribution in [0, 0.1) is 12.8 Å². The number of hydrogen-bond acceptors (Lipinski definition) is 5. The van der Waals surface area contributed by atoms with Crippen molar-refractivity contribution in [3.63, 3.8) is 0 Å². The summed E-state index contributed by atoms with van der Waals surface area (Å²) in [6, 6.07) is 5.57. The molecule has 7 nitrogen and oxygen atoms in total. The fourth-order valence-corrected chi connectivity index (χ4v) is 3.82. The van der Waals surface area contributed by atoms with Gasteiger partial charge in [0, 0.05) is 53.1 Å². The molecule has 1 amide bonds. The molecule has 1 aliphatic rings. The van der Waals surface area contributed by atoms with Gasteiger partial charge in [-0.25, -0.2) is 4.98 Å². The Morgan fingerprint density at radius 2 is 2.00 bits per heavy atom. The molecule has 3 heterocycles. The standard InChI is InChI=1S/C24H28N4O3/c1-3-4-5-18-10-15(2)20(14-25-18)19-11-17-13-26-22(27-23(30)16-6-7-16)12-21(17)28(8-9-29)24(19)31/h10-14,16,29H,3-9H2,1-2H3,(H,26,27,30). The Hall–Kier alpha value is -3.06. The van der Waals surface area contributed by atoms with Crippen LogP contribution in [0.1, 0.15) is 43.9 Å². The summed E-state index contributed by atoms with van der Waals surface area (Å²) in [5, 5.41) is 13.2. The minimum Gasteiger partial charge on any atom is -0.395 e. The molecule has 1 saturated carbocycles. The largest absolute Gasteiger partial charge is 0.395 e. The summed E-state index contributed by atoms with van der Waals surface area (Å²) < 4.78 is 1.55. The number of amides is 1. The number of aryl methyl sites for hydroxylation is 2. The number of carbonyl (C=O) groups is 1. The number of nitrogens with zero attached hydrogens (tertiary/aromatic N) is 3. The topological polar surface area (TPSA) is 97.1 Å². The number of aliphatic hydroxyl groups excluding tert-OH is 1. The van der Waals surface area contributed by atoms with E-state index in [-0.39, 0.29) is 30.5 Å². The molecule has 0 atom stereocenters. The Bertz CT molecular complexity index is 1180. The molecule has 7 heteroatoms. The van der Waals surface area contributed by atoms with Crippen LogP contribution in [0.3, 0.4) is 0 Å². The summed E-state index contributed by atoms with van der Waals surface area (Å²) in [5.74, 6) is 0.445. The lowest BCUT2D eigenvalue weighted by molar-refractivity contribution is -0.117. The highest BCUT2D eigenvalue weighted by atomic mass is 16.3. The molecule has 31 heavy (non-hydrogen) atoms. The van der Waals surface area contributed by atoms with Crippen molar-refractivity contribution in [2.45, 2.75) is 52.5 Å². The number of unbranched alkanes of at least 4 members (excludes halogenated alkanes) is 1. The van der Waals surface area contributed by atoms with Crippen molar-refractivity contribution in [2.75, 3.05) is 11.9 Å². The van der Waals surface area contributed by atoms with Crippen LogP contribution in [0.2, 0.25) is 0 Å². The van der Waals surface area contributed by atoms with E-state index in [1.165, 1.54) is 0 Å². The fourth-order valence-electron chi connectivity index (χ4n) is 3.82. The Balaban J connectivity index is 1.77. The van der Waals surface area contributed by atoms with E-state index in [1.807, 2.05) is 19.1 Å². The van der Waals surface area contributed by atoms with Crippen LogP contribution in [0.15, 0.2) is 35.4 Å². The van der Waals surface area contributed by atoms with Gasteiger partial charge in [0.05, 0.1) is 12.1 Å². The lowest BCUT2D eigenvalue weighted by atomic mass is 10.0. The molecule has 0 radical (unpaired) electrons. The molecule has 3 aromatic rings. The van der Waals surface area contributed by atoms with Crippen LogP contribution in [-0.4, -0.2) is 32.2 Å². The molecule has 0 spiro atoms. The van der Waals surface area contributed by atoms with Gasteiger partial charge in [-0.1, -0.05) is 13.3 Å². The van der Waals surface area contributed by atoms with Crippen LogP contribution >= 0.6 is 0 Å². The first kappa shape index (κ1) is 21.2. The number of nitrogens with one attached hydrogen (secondary N) is 1. The van der Waals surface area contributed by atoms with Crippen LogP contribution in [-0.2, 0) is 17.8 Å². The number of aliphatic hydroxyl groups is 1. The smallest absolute Gasteiger partial charge is 0.259 e. The molecule has 162 valence electrons. The zero-order valence-corrected chi connectivity index (χ0v) is 18.0. The number of hydrogen-bond donors (Lipinski definition) is 2. The molecule has 0 aromatic carbocycles. The third-order valence-corrected chi connectivity index (χ3v) is 5.75. The van der Waals surface area contributed by atoms with Crippen molar-refractivity contribution >= 4 is 22.6 Å². The zero-order chi connectivity index (χ0) is 22.0. The van der Waals surface area contributed by atoms with Crippen molar-refractivity contribution < 1.29 is 9.90 Å². The summed E-state index contributed by atoms with van der Waals surface area (Å²) in [4.78, 5) is 34.4. The first-order chi connectivity index (χ1) is 15.0. The average molecular weight is 421 g/mol. The van der Waals surface area contributed by atoms with E-state index in [2.05, 4.69) is 22.2 Å². The second kappa shape index (κ2) is 8.98. The second-order valence-electron chi connectivity index (χ2n) is 8.22. The van der Waals surface area contributed by atoms with Crippen molar-refractivity contribution in [2.24, 2.45) is 5.92 Å². The predicted molar refractivity (Wildman–Crippen MR) is 121 cm³/mol. The molecular weight excluding hydrogens is 392 g/mol. The van der Waals surface area contributed by atoms with E-state index in [4.69, 9.17) is 0 Å². The third kappa shape index (κ3) is 4.51. The SMILES string of the molecule is CCCCc1cc(C)c(-c2cc3cnc(NC(=O)C4CC4)cc3n(CCO)c2=O)cn1. The van der Waals surface area contributed by atoms with Crippen LogP contribution in [0.5, 0.6) is 0 Å². The quantitative estimate of drug-likeness (QED) is 0.582. The molecule has 3 aromatic heterocycles. The summed E-state index contributed by atoms with van der Waals surface area (Å²) in [5.41, 5.74) is 3.77. The second-order valence-corrected chi connectivity index (χ2v) is 8.22. The number of aromatic nitrogens is 3. The molecule has 0 bridgehead atoms. The Kier molecular flexibility index (Phi) is 6.13. The van der Waals surface area contributed by atoms with E-state index in [0.29, 0.717) is 16.9 Å². The number of carbonyl (C=O) groups excluding carboxylic acids is 1. The Morgan fingerprint density at radius 3 is 2.68 bits per heavy atom. The first-order valence-corrected chi connectivity index (χ1v) is 10.9. The number of rotatable bonds is 8. The van der Waals surface area contributed by atoms with E-state index in [9.17, 15) is 14.7 Å². The van der Waals surface area contributed by atoms with E-state index < -0.39 is 0 Å². The maximum absolute atomic E-state index is 13.4. The van der Waals surface area contributed by atoms with E-state index >= 15 is 0 Å². The van der Waals surface area contributed by atoms with Crippen molar-refractivity contribution in [1.82, 2.24) is 14.5 Å². The van der Waals surface area contributed by atoms with Crippen LogP contribution in [0.25, 0.3) is 22.0 Å². The van der Waals surface area contributed by atoms with Crippen molar-refractivity contribution in [3.8, 4) is 11.1 Å². The molecular formula is C24H28N4O3. The zero-order valence-electron chi connectivity index (χ0n) is 18.0. The molecule has 1 aliphatic carbocycles. The molecule has 2 N–H and O–H groups in total. The Morgan fingerprint density at radius 1 is 1.19 bits per heavy atom. The van der Waals surface area contributed by atoms with Crippen molar-refractivity contribution in [3.05, 3.63) is 52.2 Å². The van der Waals surface area contributed by atoms with Crippen molar-refractivity contribution in [1.29, 1.82) is 0 Å². The lowest BCUT2D eigenvalue weighted by Crippen LogP contribution is -2.24. The highest BCUT2D eigenvalue weighted by Gasteiger charge is 2.29. The normalized spacial score (nSPS) is 13.5. The van der Waals surface area contributed by atoms with E-state index in [0.717, 1.165) is 54.3 Å². The summed E-state index contributed by atoms with van der Waals surface area (Å²) in [6.45, 7) is 4.12. The molecule has 0 aliphatic heterocycles. The highest BCUT2D eigenvalue weighted by molar-refractivity contribution is 5.95. The minimum atomic E-state index is -0.196. The van der Waals surface area contributed by atoms with Crippen LogP contribution < -0.4 is 10.9 Å². The Labute approximate surface area is 181 Å². The molecule has 1 fully saturated rings. The summed E-state index contributed by atoms with van der Waals surface area (Å²) in [6.07, 6.45) is 8.34. The maximum atomic E-state index is 13.4. The number of anilines is 1. The van der Waals surface area contributed by atoms with Gasteiger partial charge in [0.1, 0.15) is 5.82 Å². The van der Waals surface area contributed by atoms with Gasteiger partial charge in [-0.2, -0.15) is 0 Å². The minimum absolute atomic E-state index is 0.0376. The van der Waals surface area contributed by atoms with Gasteiger partial charge in [-0.15, -0.1) is 0 Å². The maximum Gasteiger partial charge on any atom is 0.259 e. The van der Waals surface area contributed by atoms with Gasteiger partial charge < -0.3 is 15.0 Å². The first-order valence-electron chi connectivity index (χ1n) is 10.9. The highest BCUT2D eigenvalue weighted by Crippen LogP contribution is 2.30. The molecule has 0 saturated heterocycles. The predicted octanol–water partition coefficient (Wildman–Crippen LogP) is 3.45. The van der Waals surface area contributed by atoms with Crippen LogP contribution in [0.4, 0.5) is 5.82 Å². The van der Waals surface area contributed by atoms with Gasteiger partial charge in [0.15, 0.2) is 0 Å². The average Bonchev–Trinajstić information content (AvgIpc) is 3.60. The summed E-state index contributed by atoms with van der Waals surface area (Å²) in [7, 11) is 0. The van der Waals surface area contributed by atoms with Gasteiger partial charge in [-0.3, -0.25) is 14.6 Å². The number of pyridine rings is 3. The van der Waals surface area contributed by atoms with Gasteiger partial charge in [-0.05, 0) is 50.3 Å². The summed E-state index contributed by atoms with van der Waals surface area (Å²) >= 11 is 0. The third-order valence-electron chi connectivity index (χ3n) is 5.75. The van der Waals surface area contributed by atoms with Gasteiger partial charge >= 0.3 is 0 Å². The number of fused-ring (bicyclic) bond motifs is 1. The fraction of sp³-hybridized carbons (Fsp3) is 0.417. The monoisotopic (exact) mass is 420 g/mol. The van der Waals surface area contributed by atoms with Gasteiger partial charge in [0.2, 0.25) is 5.91 Å². The van der Waals surface area contributed by atoms with E-state index in [1.54, 1.807) is 23.0 Å². The molecule has 0 unspecified atom stereocenters. The lowest BCUT2D eigenvalue weighted by Gasteiger charge is -2.15. The molecule has 4 rings (SSSR count).